The zero-order valence-electron chi connectivity index (χ0n) is 11.1. The van der Waals surface area contributed by atoms with Crippen LogP contribution in [0.3, 0.4) is 0 Å². The summed E-state index contributed by atoms with van der Waals surface area (Å²) in [5.74, 6) is 1.77. The molecule has 2 aromatic carbocycles. The molecule has 2 nitrogen and oxygen atoms in total. The van der Waals surface area contributed by atoms with E-state index in [4.69, 9.17) is 9.47 Å². The minimum absolute atomic E-state index is 0.274. The molecule has 2 aromatic rings. The van der Waals surface area contributed by atoms with Gasteiger partial charge in [-0.25, -0.2) is 0 Å². The van der Waals surface area contributed by atoms with Crippen LogP contribution in [0.15, 0.2) is 48.5 Å². The quantitative estimate of drug-likeness (QED) is 0.761. The van der Waals surface area contributed by atoms with Gasteiger partial charge in [0.25, 0.3) is 0 Å². The maximum absolute atomic E-state index is 5.25. The molecular weight excluding hydrogens is 304 g/mol. The number of hydrogen-bond acceptors (Lipinski definition) is 2. The highest BCUT2D eigenvalue weighted by atomic mass is 79.9. The zero-order chi connectivity index (χ0) is 13.7. The maximum Gasteiger partial charge on any atom is 0.119 e. The highest BCUT2D eigenvalue weighted by Crippen LogP contribution is 2.29. The molecule has 0 radical (unpaired) electrons. The van der Waals surface area contributed by atoms with Crippen molar-refractivity contribution >= 4 is 15.9 Å². The molecule has 0 spiro atoms. The van der Waals surface area contributed by atoms with Crippen molar-refractivity contribution in [2.45, 2.75) is 11.2 Å². The molecule has 0 aliphatic carbocycles. The summed E-state index contributed by atoms with van der Waals surface area (Å²) in [6.45, 7) is 0. The second-order valence-corrected chi connectivity index (χ2v) is 5.40. The number of ether oxygens (including phenoxy) is 2. The third-order valence-electron chi connectivity index (χ3n) is 3.03. The molecule has 1 unspecified atom stereocenters. The molecule has 0 aliphatic rings. The van der Waals surface area contributed by atoms with Gasteiger partial charge in [-0.1, -0.05) is 40.2 Å². The third-order valence-corrected chi connectivity index (χ3v) is 3.88. The van der Waals surface area contributed by atoms with Gasteiger partial charge in [-0.15, -0.1) is 0 Å². The van der Waals surface area contributed by atoms with Crippen molar-refractivity contribution in [3.8, 4) is 11.5 Å². The van der Waals surface area contributed by atoms with Crippen LogP contribution in [0.5, 0.6) is 11.5 Å². The molecule has 100 valence electrons. The molecule has 0 heterocycles. The Labute approximate surface area is 122 Å². The van der Waals surface area contributed by atoms with Crippen molar-refractivity contribution in [2.75, 3.05) is 14.2 Å². The van der Waals surface area contributed by atoms with Crippen LogP contribution in [-0.4, -0.2) is 14.2 Å². The Hall–Kier alpha value is -1.48. The third kappa shape index (κ3) is 3.74. The van der Waals surface area contributed by atoms with E-state index in [1.54, 1.807) is 14.2 Å². The number of methoxy groups -OCH3 is 2. The number of rotatable bonds is 5. The predicted molar refractivity (Wildman–Crippen MR) is 81.4 cm³/mol. The standard InChI is InChI=1S/C16H17BrO2/c1-18-14-8-6-12(7-9-14)10-16(17)13-4-3-5-15(11-13)19-2/h3-9,11,16H,10H2,1-2H3. The number of benzene rings is 2. The van der Waals surface area contributed by atoms with Gasteiger partial charge in [0.05, 0.1) is 14.2 Å². The molecule has 0 aliphatic heterocycles. The first-order valence-corrected chi connectivity index (χ1v) is 7.05. The van der Waals surface area contributed by atoms with Crippen LogP contribution in [0.25, 0.3) is 0 Å². The molecule has 3 heteroatoms. The fraction of sp³-hybridized carbons (Fsp3) is 0.250. The van der Waals surface area contributed by atoms with E-state index in [1.807, 2.05) is 24.3 Å². The lowest BCUT2D eigenvalue weighted by molar-refractivity contribution is 0.414. The molecular formula is C16H17BrO2. The lowest BCUT2D eigenvalue weighted by Crippen LogP contribution is -1.96. The molecule has 1 atom stereocenters. The van der Waals surface area contributed by atoms with Crippen LogP contribution in [0, 0.1) is 0 Å². The van der Waals surface area contributed by atoms with E-state index < -0.39 is 0 Å². The second-order valence-electron chi connectivity index (χ2n) is 4.30. The molecule has 0 N–H and O–H groups in total. The van der Waals surface area contributed by atoms with E-state index in [1.165, 1.54) is 11.1 Å². The lowest BCUT2D eigenvalue weighted by Gasteiger charge is -2.12. The predicted octanol–water partition coefficient (Wildman–Crippen LogP) is 4.38. The van der Waals surface area contributed by atoms with Gasteiger partial charge >= 0.3 is 0 Å². The molecule has 0 fully saturated rings. The SMILES string of the molecule is COc1ccc(CC(Br)c2cccc(OC)c2)cc1. The summed E-state index contributed by atoms with van der Waals surface area (Å²) in [6, 6.07) is 16.3. The van der Waals surface area contributed by atoms with Crippen LogP contribution >= 0.6 is 15.9 Å². The average molecular weight is 321 g/mol. The number of hydrogen-bond donors (Lipinski definition) is 0. The van der Waals surface area contributed by atoms with Crippen LogP contribution in [0.1, 0.15) is 16.0 Å². The summed E-state index contributed by atoms with van der Waals surface area (Å²) in [7, 11) is 3.37. The summed E-state index contributed by atoms with van der Waals surface area (Å²) >= 11 is 3.73. The summed E-state index contributed by atoms with van der Waals surface area (Å²) in [5.41, 5.74) is 2.49. The minimum atomic E-state index is 0.274. The van der Waals surface area contributed by atoms with Crippen LogP contribution in [0.2, 0.25) is 0 Å². The molecule has 19 heavy (non-hydrogen) atoms. The fourth-order valence-corrected chi connectivity index (χ4v) is 2.58. The summed E-state index contributed by atoms with van der Waals surface area (Å²) in [4.78, 5) is 0.274. The number of alkyl halides is 1. The van der Waals surface area contributed by atoms with E-state index in [9.17, 15) is 0 Å². The smallest absolute Gasteiger partial charge is 0.119 e. The first-order chi connectivity index (χ1) is 9.22. The Morgan fingerprint density at radius 2 is 1.63 bits per heavy atom. The van der Waals surface area contributed by atoms with Crippen LogP contribution in [-0.2, 0) is 6.42 Å². The number of halogens is 1. The van der Waals surface area contributed by atoms with Gasteiger partial charge < -0.3 is 9.47 Å². The lowest BCUT2D eigenvalue weighted by atomic mass is 10.0. The zero-order valence-corrected chi connectivity index (χ0v) is 12.7. The Bertz CT molecular complexity index is 523. The average Bonchev–Trinajstić information content (AvgIpc) is 2.48. The largest absolute Gasteiger partial charge is 0.497 e. The Kier molecular flexibility index (Phi) is 4.86. The van der Waals surface area contributed by atoms with Crippen molar-refractivity contribution in [1.82, 2.24) is 0 Å². The summed E-state index contributed by atoms with van der Waals surface area (Å²) in [6.07, 6.45) is 0.928. The maximum atomic E-state index is 5.25. The van der Waals surface area contributed by atoms with E-state index in [0.29, 0.717) is 0 Å². The minimum Gasteiger partial charge on any atom is -0.497 e. The first-order valence-electron chi connectivity index (χ1n) is 6.14. The Balaban J connectivity index is 2.08. The van der Waals surface area contributed by atoms with E-state index in [-0.39, 0.29) is 4.83 Å². The van der Waals surface area contributed by atoms with Gasteiger partial charge in [-0.3, -0.25) is 0 Å². The molecule has 0 saturated heterocycles. The monoisotopic (exact) mass is 320 g/mol. The molecule has 0 aromatic heterocycles. The van der Waals surface area contributed by atoms with E-state index in [2.05, 4.69) is 40.2 Å². The van der Waals surface area contributed by atoms with Crippen LogP contribution < -0.4 is 9.47 Å². The normalized spacial score (nSPS) is 11.9. The highest BCUT2D eigenvalue weighted by molar-refractivity contribution is 9.09. The second kappa shape index (κ2) is 6.62. The highest BCUT2D eigenvalue weighted by Gasteiger charge is 2.09. The van der Waals surface area contributed by atoms with Gasteiger partial charge in [-0.2, -0.15) is 0 Å². The molecule has 0 amide bonds. The molecule has 0 saturated carbocycles. The van der Waals surface area contributed by atoms with Crippen molar-refractivity contribution in [3.05, 3.63) is 59.7 Å². The van der Waals surface area contributed by atoms with Crippen molar-refractivity contribution < 1.29 is 9.47 Å². The summed E-state index contributed by atoms with van der Waals surface area (Å²) < 4.78 is 10.4. The van der Waals surface area contributed by atoms with Gasteiger partial charge in [0, 0.05) is 4.83 Å². The molecule has 0 bridgehead atoms. The van der Waals surface area contributed by atoms with E-state index in [0.717, 1.165) is 17.9 Å². The van der Waals surface area contributed by atoms with Crippen molar-refractivity contribution in [1.29, 1.82) is 0 Å². The van der Waals surface area contributed by atoms with Crippen molar-refractivity contribution in [2.24, 2.45) is 0 Å². The van der Waals surface area contributed by atoms with Crippen LogP contribution in [0.4, 0.5) is 0 Å². The Morgan fingerprint density at radius 3 is 2.26 bits per heavy atom. The summed E-state index contributed by atoms with van der Waals surface area (Å²) in [5, 5.41) is 0. The first kappa shape index (κ1) is 13.9. The fourth-order valence-electron chi connectivity index (χ4n) is 1.92. The molecule has 2 rings (SSSR count). The van der Waals surface area contributed by atoms with Gasteiger partial charge in [0.15, 0.2) is 0 Å². The van der Waals surface area contributed by atoms with Gasteiger partial charge in [0.2, 0.25) is 0 Å². The van der Waals surface area contributed by atoms with E-state index >= 15 is 0 Å². The Morgan fingerprint density at radius 1 is 0.947 bits per heavy atom. The topological polar surface area (TPSA) is 18.5 Å². The van der Waals surface area contributed by atoms with Gasteiger partial charge in [-0.05, 0) is 41.8 Å². The van der Waals surface area contributed by atoms with Crippen molar-refractivity contribution in [3.63, 3.8) is 0 Å². The van der Waals surface area contributed by atoms with Gasteiger partial charge in [0.1, 0.15) is 11.5 Å².